The van der Waals surface area contributed by atoms with Crippen molar-refractivity contribution in [1.29, 1.82) is 0 Å². The van der Waals surface area contributed by atoms with Gasteiger partial charge in [-0.2, -0.15) is 0 Å². The molecule has 5 nitrogen and oxygen atoms in total. The third kappa shape index (κ3) is 5.74. The molecule has 1 saturated heterocycles. The number of hydrogen-bond donors (Lipinski definition) is 1. The van der Waals surface area contributed by atoms with Crippen molar-refractivity contribution in [2.45, 2.75) is 25.4 Å². The molecule has 31 heavy (non-hydrogen) atoms. The predicted molar refractivity (Wildman–Crippen MR) is 125 cm³/mol. The summed E-state index contributed by atoms with van der Waals surface area (Å²) in [5.41, 5.74) is 11.2. The second-order valence-electron chi connectivity index (χ2n) is 8.25. The first-order valence-electron chi connectivity index (χ1n) is 11.0. The summed E-state index contributed by atoms with van der Waals surface area (Å²) < 4.78 is 5.47. The van der Waals surface area contributed by atoms with Crippen LogP contribution >= 0.6 is 11.6 Å². The van der Waals surface area contributed by atoms with E-state index in [1.807, 2.05) is 29.2 Å². The minimum absolute atomic E-state index is 0.00634. The van der Waals surface area contributed by atoms with E-state index in [1.165, 1.54) is 16.7 Å². The lowest BCUT2D eigenvalue weighted by atomic mass is 9.94. The molecule has 0 bridgehead atoms. The SMILES string of the molecule is NC(Cc1ccc(Cl)cc1)C(=O)N1CC=C(c2ccccc2CN2CCOCC2)CC1. The molecule has 1 amide bonds. The molecule has 2 aromatic carbocycles. The molecule has 2 heterocycles. The Hall–Kier alpha value is -2.18. The van der Waals surface area contributed by atoms with Crippen molar-refractivity contribution in [2.75, 3.05) is 39.4 Å². The van der Waals surface area contributed by atoms with Gasteiger partial charge in [0.25, 0.3) is 0 Å². The van der Waals surface area contributed by atoms with E-state index in [0.29, 0.717) is 24.5 Å². The molecular formula is C25H30ClN3O2. The van der Waals surface area contributed by atoms with Gasteiger partial charge >= 0.3 is 0 Å². The van der Waals surface area contributed by atoms with Crippen molar-refractivity contribution in [3.63, 3.8) is 0 Å². The molecule has 1 unspecified atom stereocenters. The highest BCUT2D eigenvalue weighted by Crippen LogP contribution is 2.27. The van der Waals surface area contributed by atoms with Crippen LogP contribution in [-0.2, 0) is 22.5 Å². The molecule has 6 heteroatoms. The van der Waals surface area contributed by atoms with Crippen LogP contribution < -0.4 is 5.73 Å². The van der Waals surface area contributed by atoms with Crippen molar-refractivity contribution in [3.05, 3.63) is 76.3 Å². The van der Waals surface area contributed by atoms with Gasteiger partial charge in [0, 0.05) is 37.7 Å². The fourth-order valence-corrected chi connectivity index (χ4v) is 4.41. The van der Waals surface area contributed by atoms with E-state index in [-0.39, 0.29) is 5.91 Å². The Morgan fingerprint density at radius 1 is 1.06 bits per heavy atom. The van der Waals surface area contributed by atoms with Crippen LogP contribution in [0, 0.1) is 0 Å². The van der Waals surface area contributed by atoms with E-state index >= 15 is 0 Å². The summed E-state index contributed by atoms with van der Waals surface area (Å²) in [6, 6.07) is 15.6. The number of hydrogen-bond acceptors (Lipinski definition) is 4. The first-order valence-corrected chi connectivity index (χ1v) is 11.3. The summed E-state index contributed by atoms with van der Waals surface area (Å²) in [4.78, 5) is 17.2. The number of nitrogens with two attached hydrogens (primary N) is 1. The van der Waals surface area contributed by atoms with E-state index in [1.54, 1.807) is 0 Å². The largest absolute Gasteiger partial charge is 0.379 e. The zero-order chi connectivity index (χ0) is 21.6. The van der Waals surface area contributed by atoms with Gasteiger partial charge in [0.15, 0.2) is 0 Å². The van der Waals surface area contributed by atoms with Crippen LogP contribution in [0.3, 0.4) is 0 Å². The molecule has 0 radical (unpaired) electrons. The van der Waals surface area contributed by atoms with E-state index < -0.39 is 6.04 Å². The lowest BCUT2D eigenvalue weighted by Gasteiger charge is -2.31. The number of carbonyl (C=O) groups is 1. The van der Waals surface area contributed by atoms with E-state index in [4.69, 9.17) is 22.1 Å². The monoisotopic (exact) mass is 439 g/mol. The van der Waals surface area contributed by atoms with Crippen LogP contribution in [0.25, 0.3) is 5.57 Å². The van der Waals surface area contributed by atoms with Crippen LogP contribution in [0.4, 0.5) is 0 Å². The molecule has 0 aliphatic carbocycles. The van der Waals surface area contributed by atoms with Gasteiger partial charge in [-0.15, -0.1) is 0 Å². The number of halogens is 1. The number of morpholine rings is 1. The van der Waals surface area contributed by atoms with Crippen molar-refractivity contribution in [2.24, 2.45) is 5.73 Å². The second-order valence-corrected chi connectivity index (χ2v) is 8.68. The molecule has 164 valence electrons. The van der Waals surface area contributed by atoms with Crippen LogP contribution in [0.2, 0.25) is 5.02 Å². The zero-order valence-corrected chi connectivity index (χ0v) is 18.6. The average molecular weight is 440 g/mol. The molecule has 2 aliphatic heterocycles. The first kappa shape index (κ1) is 22.0. The molecule has 2 aromatic rings. The third-order valence-electron chi connectivity index (χ3n) is 6.07. The predicted octanol–water partition coefficient (Wildman–Crippen LogP) is 3.36. The van der Waals surface area contributed by atoms with Crippen LogP contribution in [0.1, 0.15) is 23.1 Å². The minimum atomic E-state index is -0.537. The summed E-state index contributed by atoms with van der Waals surface area (Å²) in [6.45, 7) is 5.80. The second kappa shape index (κ2) is 10.4. The Bertz CT molecular complexity index is 923. The van der Waals surface area contributed by atoms with Gasteiger partial charge in [-0.05, 0) is 47.2 Å². The molecule has 1 fully saturated rings. The molecule has 0 aromatic heterocycles. The lowest BCUT2D eigenvalue weighted by Crippen LogP contribution is -2.46. The maximum absolute atomic E-state index is 12.9. The molecule has 1 atom stereocenters. The summed E-state index contributed by atoms with van der Waals surface area (Å²) in [5, 5.41) is 0.686. The van der Waals surface area contributed by atoms with Gasteiger partial charge < -0.3 is 15.4 Å². The van der Waals surface area contributed by atoms with Gasteiger partial charge in [-0.3, -0.25) is 9.69 Å². The van der Waals surface area contributed by atoms with Crippen LogP contribution in [-0.4, -0.2) is 61.1 Å². The Morgan fingerprint density at radius 3 is 2.52 bits per heavy atom. The number of benzene rings is 2. The van der Waals surface area contributed by atoms with E-state index in [9.17, 15) is 4.79 Å². The summed E-state index contributed by atoms with van der Waals surface area (Å²) in [7, 11) is 0. The normalized spacial score (nSPS) is 18.5. The van der Waals surface area contributed by atoms with Crippen molar-refractivity contribution in [1.82, 2.24) is 9.80 Å². The molecule has 4 rings (SSSR count). The molecular weight excluding hydrogens is 410 g/mol. The van der Waals surface area contributed by atoms with Crippen molar-refractivity contribution in [3.8, 4) is 0 Å². The Kier molecular flexibility index (Phi) is 7.41. The van der Waals surface area contributed by atoms with Crippen LogP contribution in [0.15, 0.2) is 54.6 Å². The average Bonchev–Trinajstić information content (AvgIpc) is 2.81. The molecule has 2 N–H and O–H groups in total. The number of amides is 1. The number of nitrogens with zero attached hydrogens (tertiary/aromatic N) is 2. The maximum atomic E-state index is 12.9. The van der Waals surface area contributed by atoms with Gasteiger partial charge in [-0.25, -0.2) is 0 Å². The van der Waals surface area contributed by atoms with Crippen molar-refractivity contribution >= 4 is 23.1 Å². The highest BCUT2D eigenvalue weighted by molar-refractivity contribution is 6.30. The quantitative estimate of drug-likeness (QED) is 0.749. The zero-order valence-electron chi connectivity index (χ0n) is 17.8. The molecule has 2 aliphatic rings. The summed E-state index contributed by atoms with van der Waals surface area (Å²) in [5.74, 6) is 0.00634. The summed E-state index contributed by atoms with van der Waals surface area (Å²) >= 11 is 5.94. The number of carbonyl (C=O) groups excluding carboxylic acids is 1. The first-order chi connectivity index (χ1) is 15.1. The van der Waals surface area contributed by atoms with Crippen LogP contribution in [0.5, 0.6) is 0 Å². The fourth-order valence-electron chi connectivity index (χ4n) is 4.28. The van der Waals surface area contributed by atoms with E-state index in [0.717, 1.165) is 44.8 Å². The Morgan fingerprint density at radius 2 is 1.81 bits per heavy atom. The standard InChI is InChI=1S/C25H30ClN3O2/c26-22-7-5-19(6-8-22)17-24(27)25(30)29-11-9-20(10-12-29)23-4-2-1-3-21(23)18-28-13-15-31-16-14-28/h1-9,24H,10-18,27H2. The minimum Gasteiger partial charge on any atom is -0.379 e. The maximum Gasteiger partial charge on any atom is 0.240 e. The smallest absolute Gasteiger partial charge is 0.240 e. The fraction of sp³-hybridized carbons (Fsp3) is 0.400. The van der Waals surface area contributed by atoms with Gasteiger partial charge in [0.1, 0.15) is 0 Å². The molecule has 0 spiro atoms. The van der Waals surface area contributed by atoms with E-state index in [2.05, 4.69) is 35.2 Å². The summed E-state index contributed by atoms with van der Waals surface area (Å²) in [6.07, 6.45) is 3.56. The topological polar surface area (TPSA) is 58.8 Å². The molecule has 0 saturated carbocycles. The highest BCUT2D eigenvalue weighted by Gasteiger charge is 2.24. The Balaban J connectivity index is 1.38. The Labute approximate surface area is 189 Å². The third-order valence-corrected chi connectivity index (χ3v) is 6.32. The number of rotatable bonds is 6. The van der Waals surface area contributed by atoms with Gasteiger partial charge in [0.05, 0.1) is 19.3 Å². The lowest BCUT2D eigenvalue weighted by molar-refractivity contribution is -0.132. The number of ether oxygens (including phenoxy) is 1. The van der Waals surface area contributed by atoms with Gasteiger partial charge in [0.2, 0.25) is 5.91 Å². The van der Waals surface area contributed by atoms with Crippen molar-refractivity contribution < 1.29 is 9.53 Å². The van der Waals surface area contributed by atoms with Gasteiger partial charge in [-0.1, -0.05) is 54.1 Å². The highest BCUT2D eigenvalue weighted by atomic mass is 35.5.